The molecule has 0 spiro atoms. The molecule has 0 saturated carbocycles. The minimum absolute atomic E-state index is 0.310. The Kier molecular flexibility index (Phi) is 4.17. The first-order valence-corrected chi connectivity index (χ1v) is 6.58. The smallest absolute Gasteiger partial charge is 0.328 e. The van der Waals surface area contributed by atoms with Crippen molar-refractivity contribution < 1.29 is 13.6 Å². The summed E-state index contributed by atoms with van der Waals surface area (Å²) in [6, 6.07) is 0. The average Bonchev–Trinajstić information content (AvgIpc) is 2.39. The molecule has 1 unspecified atom stereocenters. The first-order chi connectivity index (χ1) is 8.51. The number of nitrogens with zero attached hydrogens (tertiary/aromatic N) is 2. The molecule has 4 nitrogen and oxygen atoms in total. The number of likely N-dealkylation sites (tertiary alicyclic amines) is 1. The maximum Gasteiger partial charge on any atom is 0.328 e. The minimum Gasteiger partial charge on any atom is -0.335 e. The highest BCUT2D eigenvalue weighted by atomic mass is 19.3. The molecule has 2 aliphatic rings. The molecule has 104 valence electrons. The maximum absolute atomic E-state index is 14.2. The molecule has 0 bridgehead atoms. The zero-order valence-corrected chi connectivity index (χ0v) is 10.8. The zero-order chi connectivity index (χ0) is 13.2. The van der Waals surface area contributed by atoms with E-state index in [-0.39, 0.29) is 0 Å². The van der Waals surface area contributed by atoms with Crippen LogP contribution in [0.2, 0.25) is 0 Å². The number of alkyl halides is 2. The van der Waals surface area contributed by atoms with Gasteiger partial charge in [0.25, 0.3) is 5.91 Å². The van der Waals surface area contributed by atoms with Gasteiger partial charge in [-0.05, 0) is 26.4 Å². The molecular formula is C12H21F2N3O. The quantitative estimate of drug-likeness (QED) is 0.781. The highest BCUT2D eigenvalue weighted by molar-refractivity contribution is 5.84. The van der Waals surface area contributed by atoms with Crippen molar-refractivity contribution in [1.82, 2.24) is 15.1 Å². The van der Waals surface area contributed by atoms with Gasteiger partial charge in [0.2, 0.25) is 0 Å². The molecular weight excluding hydrogens is 240 g/mol. The van der Waals surface area contributed by atoms with E-state index < -0.39 is 17.7 Å². The molecule has 1 amide bonds. The van der Waals surface area contributed by atoms with Crippen LogP contribution in [0.25, 0.3) is 0 Å². The minimum atomic E-state index is -3.22. The Morgan fingerprint density at radius 3 is 2.56 bits per heavy atom. The van der Waals surface area contributed by atoms with E-state index in [1.807, 2.05) is 11.9 Å². The lowest BCUT2D eigenvalue weighted by molar-refractivity contribution is -0.169. The standard InChI is InChI=1S/C12H21F2N3O/c1-16-6-2-3-10(9-16)12(13,14)11(18)17-7-4-15-5-8-17/h10,15H,2-9H2,1H3. The molecule has 0 aromatic rings. The van der Waals surface area contributed by atoms with Crippen LogP contribution in [0.5, 0.6) is 0 Å². The lowest BCUT2D eigenvalue weighted by Gasteiger charge is -2.37. The maximum atomic E-state index is 14.2. The molecule has 2 saturated heterocycles. The van der Waals surface area contributed by atoms with Crippen molar-refractivity contribution in [2.45, 2.75) is 18.8 Å². The summed E-state index contributed by atoms with van der Waals surface area (Å²) in [6.07, 6.45) is 1.18. The van der Waals surface area contributed by atoms with E-state index in [1.54, 1.807) is 0 Å². The molecule has 2 aliphatic heterocycles. The third kappa shape index (κ3) is 2.80. The second-order valence-electron chi connectivity index (χ2n) is 5.27. The van der Waals surface area contributed by atoms with E-state index in [1.165, 1.54) is 4.90 Å². The Bertz CT molecular complexity index is 306. The highest BCUT2D eigenvalue weighted by Crippen LogP contribution is 2.33. The summed E-state index contributed by atoms with van der Waals surface area (Å²) in [6.45, 7) is 3.13. The SMILES string of the molecule is CN1CCCC(C(F)(F)C(=O)N2CCNCC2)C1. The van der Waals surface area contributed by atoms with Gasteiger partial charge in [0.1, 0.15) is 0 Å². The Morgan fingerprint density at radius 1 is 1.28 bits per heavy atom. The van der Waals surface area contributed by atoms with E-state index in [0.29, 0.717) is 39.1 Å². The second kappa shape index (κ2) is 5.48. The Morgan fingerprint density at radius 2 is 1.94 bits per heavy atom. The van der Waals surface area contributed by atoms with E-state index in [4.69, 9.17) is 0 Å². The number of piperazine rings is 1. The molecule has 2 heterocycles. The lowest BCUT2D eigenvalue weighted by atomic mass is 9.91. The lowest BCUT2D eigenvalue weighted by Crippen LogP contribution is -2.56. The van der Waals surface area contributed by atoms with Gasteiger partial charge in [0, 0.05) is 38.6 Å². The average molecular weight is 261 g/mol. The summed E-state index contributed by atoms with van der Waals surface area (Å²) >= 11 is 0. The number of piperidine rings is 1. The van der Waals surface area contributed by atoms with Crippen molar-refractivity contribution in [3.63, 3.8) is 0 Å². The fourth-order valence-electron chi connectivity index (χ4n) is 2.72. The summed E-state index contributed by atoms with van der Waals surface area (Å²) in [7, 11) is 1.83. The third-order valence-electron chi connectivity index (χ3n) is 3.83. The van der Waals surface area contributed by atoms with Gasteiger partial charge in [0.15, 0.2) is 0 Å². The van der Waals surface area contributed by atoms with Gasteiger partial charge in [-0.15, -0.1) is 0 Å². The van der Waals surface area contributed by atoms with Crippen molar-refractivity contribution in [2.75, 3.05) is 46.3 Å². The van der Waals surface area contributed by atoms with E-state index >= 15 is 0 Å². The van der Waals surface area contributed by atoms with Crippen LogP contribution in [-0.2, 0) is 4.79 Å². The fraction of sp³-hybridized carbons (Fsp3) is 0.917. The van der Waals surface area contributed by atoms with Crippen LogP contribution in [0.1, 0.15) is 12.8 Å². The van der Waals surface area contributed by atoms with Crippen molar-refractivity contribution in [2.24, 2.45) is 5.92 Å². The van der Waals surface area contributed by atoms with Crippen molar-refractivity contribution in [1.29, 1.82) is 0 Å². The predicted molar refractivity (Wildman–Crippen MR) is 64.6 cm³/mol. The van der Waals surface area contributed by atoms with Crippen molar-refractivity contribution in [3.05, 3.63) is 0 Å². The monoisotopic (exact) mass is 261 g/mol. The van der Waals surface area contributed by atoms with Gasteiger partial charge in [-0.1, -0.05) is 0 Å². The summed E-state index contributed by atoms with van der Waals surface area (Å²) in [4.78, 5) is 15.1. The number of carbonyl (C=O) groups is 1. The van der Waals surface area contributed by atoms with E-state index in [0.717, 1.165) is 13.0 Å². The largest absolute Gasteiger partial charge is 0.335 e. The van der Waals surface area contributed by atoms with Crippen LogP contribution in [-0.4, -0.2) is 67.9 Å². The van der Waals surface area contributed by atoms with E-state index in [9.17, 15) is 13.6 Å². The second-order valence-corrected chi connectivity index (χ2v) is 5.27. The molecule has 18 heavy (non-hydrogen) atoms. The molecule has 0 aliphatic carbocycles. The number of hydrogen-bond donors (Lipinski definition) is 1. The van der Waals surface area contributed by atoms with Gasteiger partial charge >= 0.3 is 5.92 Å². The number of halogens is 2. The summed E-state index contributed by atoms with van der Waals surface area (Å²) in [5, 5.41) is 3.06. The summed E-state index contributed by atoms with van der Waals surface area (Å²) in [5.74, 6) is -5.03. The Balaban J connectivity index is 2.01. The number of amides is 1. The fourth-order valence-corrected chi connectivity index (χ4v) is 2.72. The van der Waals surface area contributed by atoms with Crippen LogP contribution in [0.4, 0.5) is 8.78 Å². The Hall–Kier alpha value is -0.750. The van der Waals surface area contributed by atoms with Crippen LogP contribution in [0.3, 0.4) is 0 Å². The molecule has 1 atom stereocenters. The molecule has 2 fully saturated rings. The number of rotatable bonds is 2. The predicted octanol–water partition coefficient (Wildman–Crippen LogP) is 0.395. The molecule has 1 N–H and O–H groups in total. The molecule has 0 aromatic heterocycles. The normalized spacial score (nSPS) is 27.3. The number of carbonyl (C=O) groups excluding carboxylic acids is 1. The van der Waals surface area contributed by atoms with Crippen molar-refractivity contribution in [3.8, 4) is 0 Å². The topological polar surface area (TPSA) is 35.6 Å². The van der Waals surface area contributed by atoms with Gasteiger partial charge in [-0.2, -0.15) is 8.78 Å². The van der Waals surface area contributed by atoms with Crippen LogP contribution in [0, 0.1) is 5.92 Å². The highest BCUT2D eigenvalue weighted by Gasteiger charge is 2.50. The van der Waals surface area contributed by atoms with Gasteiger partial charge < -0.3 is 15.1 Å². The van der Waals surface area contributed by atoms with Gasteiger partial charge in [-0.25, -0.2) is 0 Å². The third-order valence-corrected chi connectivity index (χ3v) is 3.83. The zero-order valence-electron chi connectivity index (χ0n) is 10.8. The van der Waals surface area contributed by atoms with Crippen LogP contribution < -0.4 is 5.32 Å². The molecule has 2 rings (SSSR count). The van der Waals surface area contributed by atoms with Gasteiger partial charge in [-0.3, -0.25) is 4.79 Å². The Labute approximate surface area is 106 Å². The molecule has 0 radical (unpaired) electrons. The first kappa shape index (κ1) is 13.7. The van der Waals surface area contributed by atoms with Crippen LogP contribution in [0.15, 0.2) is 0 Å². The summed E-state index contributed by atoms with van der Waals surface area (Å²) in [5.41, 5.74) is 0. The summed E-state index contributed by atoms with van der Waals surface area (Å²) < 4.78 is 28.4. The molecule has 0 aromatic carbocycles. The van der Waals surface area contributed by atoms with Crippen molar-refractivity contribution >= 4 is 5.91 Å². The van der Waals surface area contributed by atoms with Crippen LogP contribution >= 0.6 is 0 Å². The number of hydrogen-bond acceptors (Lipinski definition) is 3. The first-order valence-electron chi connectivity index (χ1n) is 6.58. The molecule has 6 heteroatoms. The van der Waals surface area contributed by atoms with E-state index in [2.05, 4.69) is 5.32 Å². The number of nitrogens with one attached hydrogen (secondary N) is 1. The van der Waals surface area contributed by atoms with Gasteiger partial charge in [0.05, 0.1) is 0 Å².